The van der Waals surface area contributed by atoms with Gasteiger partial charge in [-0.2, -0.15) is 9.61 Å². The van der Waals surface area contributed by atoms with Gasteiger partial charge in [0, 0.05) is 28.0 Å². The number of aromatic nitrogens is 5. The molecule has 126 valence electrons. The fraction of sp³-hybridized carbons (Fsp3) is 0.222. The Labute approximate surface area is 157 Å². The minimum Gasteiger partial charge on any atom is -0.263 e. The highest BCUT2D eigenvalue weighted by atomic mass is 79.9. The lowest BCUT2D eigenvalue weighted by Gasteiger charge is -2.18. The maximum Gasteiger partial charge on any atom is 0.235 e. The number of nitrogens with zero attached hydrogens (tertiary/aromatic N) is 5. The lowest BCUT2D eigenvalue weighted by molar-refractivity contribution is 0.590. The first kappa shape index (κ1) is 16.4. The van der Waals surface area contributed by atoms with Crippen LogP contribution in [0.1, 0.15) is 26.3 Å². The second kappa shape index (κ2) is 6.00. The van der Waals surface area contributed by atoms with Crippen molar-refractivity contribution in [2.75, 3.05) is 0 Å². The summed E-state index contributed by atoms with van der Waals surface area (Å²) in [6.45, 7) is 6.64. The van der Waals surface area contributed by atoms with E-state index in [1.807, 2.05) is 6.07 Å². The number of halogens is 1. The van der Waals surface area contributed by atoms with Crippen LogP contribution in [0.5, 0.6) is 0 Å². The minimum absolute atomic E-state index is 0.140. The van der Waals surface area contributed by atoms with Crippen molar-refractivity contribution in [3.63, 3.8) is 0 Å². The minimum atomic E-state index is 0.140. The Balaban J connectivity index is 1.75. The molecular formula is C18H16BrN5S. The van der Waals surface area contributed by atoms with Gasteiger partial charge in [0.2, 0.25) is 4.96 Å². The van der Waals surface area contributed by atoms with Crippen LogP contribution in [-0.4, -0.2) is 24.8 Å². The molecule has 5 nitrogen and oxygen atoms in total. The molecule has 0 fully saturated rings. The van der Waals surface area contributed by atoms with Crippen molar-refractivity contribution < 1.29 is 0 Å². The van der Waals surface area contributed by atoms with Crippen LogP contribution in [0.4, 0.5) is 0 Å². The van der Waals surface area contributed by atoms with E-state index < -0.39 is 0 Å². The van der Waals surface area contributed by atoms with Crippen molar-refractivity contribution >= 4 is 32.2 Å². The second-order valence-corrected chi connectivity index (χ2v) is 8.72. The molecule has 1 aromatic carbocycles. The molecule has 0 unspecified atom stereocenters. The maximum absolute atomic E-state index is 4.71. The van der Waals surface area contributed by atoms with Crippen LogP contribution in [0.3, 0.4) is 0 Å². The van der Waals surface area contributed by atoms with Gasteiger partial charge < -0.3 is 0 Å². The second-order valence-electron chi connectivity index (χ2n) is 6.84. The van der Waals surface area contributed by atoms with Crippen molar-refractivity contribution in [2.45, 2.75) is 26.2 Å². The van der Waals surface area contributed by atoms with Crippen molar-refractivity contribution in [2.24, 2.45) is 0 Å². The Hall–Kier alpha value is -2.12. The van der Waals surface area contributed by atoms with Gasteiger partial charge in [-0.1, -0.05) is 56.4 Å². The molecule has 3 heterocycles. The summed E-state index contributed by atoms with van der Waals surface area (Å²) >= 11 is 4.97. The van der Waals surface area contributed by atoms with Crippen LogP contribution in [0.2, 0.25) is 0 Å². The predicted octanol–water partition coefficient (Wildman–Crippen LogP) is 4.97. The molecule has 0 aliphatic rings. The summed E-state index contributed by atoms with van der Waals surface area (Å²) in [6.07, 6.45) is 3.50. The molecule has 0 spiro atoms. The lowest BCUT2D eigenvalue weighted by atomic mass is 9.87. The number of benzene rings is 1. The Morgan fingerprint density at radius 2 is 1.76 bits per heavy atom. The van der Waals surface area contributed by atoms with E-state index >= 15 is 0 Å². The third kappa shape index (κ3) is 3.09. The average Bonchev–Trinajstić information content (AvgIpc) is 3.14. The van der Waals surface area contributed by atoms with E-state index in [4.69, 9.17) is 5.10 Å². The molecule has 0 saturated carbocycles. The zero-order valence-corrected chi connectivity index (χ0v) is 16.5. The number of hydrogen-bond acceptors (Lipinski definition) is 5. The van der Waals surface area contributed by atoms with E-state index in [1.54, 1.807) is 16.9 Å². The monoisotopic (exact) mass is 413 g/mol. The summed E-state index contributed by atoms with van der Waals surface area (Å²) in [5.41, 5.74) is 3.41. The quantitative estimate of drug-likeness (QED) is 0.465. The Morgan fingerprint density at radius 3 is 2.44 bits per heavy atom. The normalized spacial score (nSPS) is 12.0. The molecule has 0 amide bonds. The molecule has 3 aromatic heterocycles. The Morgan fingerprint density at radius 1 is 1.00 bits per heavy atom. The van der Waals surface area contributed by atoms with E-state index in [0.29, 0.717) is 5.82 Å². The maximum atomic E-state index is 4.71. The summed E-state index contributed by atoms with van der Waals surface area (Å²) in [4.78, 5) is 4.96. The van der Waals surface area contributed by atoms with E-state index in [2.05, 4.69) is 76.1 Å². The van der Waals surface area contributed by atoms with Crippen LogP contribution >= 0.6 is 27.3 Å². The van der Waals surface area contributed by atoms with Crippen molar-refractivity contribution in [3.8, 4) is 22.0 Å². The van der Waals surface area contributed by atoms with Crippen LogP contribution in [0.15, 0.2) is 47.2 Å². The van der Waals surface area contributed by atoms with Gasteiger partial charge in [0.15, 0.2) is 5.82 Å². The molecule has 0 saturated heterocycles. The number of rotatable bonds is 2. The highest BCUT2D eigenvalue weighted by molar-refractivity contribution is 9.10. The highest BCUT2D eigenvalue weighted by Gasteiger charge is 2.16. The van der Waals surface area contributed by atoms with E-state index in [1.165, 1.54) is 16.9 Å². The van der Waals surface area contributed by atoms with Gasteiger partial charge in [0.25, 0.3) is 0 Å². The molecule has 0 radical (unpaired) electrons. The van der Waals surface area contributed by atoms with E-state index in [-0.39, 0.29) is 5.41 Å². The number of hydrogen-bond donors (Lipinski definition) is 0. The van der Waals surface area contributed by atoms with Crippen molar-refractivity contribution in [1.29, 1.82) is 0 Å². The standard InChI is InChI=1S/C18H16BrN5S/c1-18(2,3)13-6-4-11(5-7-13)16-23-24-15(21-22-17(24)25-16)12-8-14(19)10-20-9-12/h4-10H,1-3H3. The summed E-state index contributed by atoms with van der Waals surface area (Å²) in [5.74, 6) is 0.692. The molecule has 0 bridgehead atoms. The molecule has 0 aliphatic heterocycles. The molecule has 25 heavy (non-hydrogen) atoms. The smallest absolute Gasteiger partial charge is 0.235 e. The molecular weight excluding hydrogens is 398 g/mol. The zero-order chi connectivity index (χ0) is 17.6. The molecule has 7 heteroatoms. The van der Waals surface area contributed by atoms with Crippen molar-refractivity contribution in [3.05, 3.63) is 52.8 Å². The fourth-order valence-electron chi connectivity index (χ4n) is 2.56. The summed E-state index contributed by atoms with van der Waals surface area (Å²) in [7, 11) is 0. The topological polar surface area (TPSA) is 56.0 Å². The summed E-state index contributed by atoms with van der Waals surface area (Å²) < 4.78 is 2.68. The Kier molecular flexibility index (Phi) is 3.92. The first-order valence-corrected chi connectivity index (χ1v) is 9.47. The van der Waals surface area contributed by atoms with Gasteiger partial charge >= 0.3 is 0 Å². The predicted molar refractivity (Wildman–Crippen MR) is 104 cm³/mol. The lowest BCUT2D eigenvalue weighted by Crippen LogP contribution is -2.10. The third-order valence-corrected chi connectivity index (χ3v) is 5.33. The van der Waals surface area contributed by atoms with Crippen LogP contribution < -0.4 is 0 Å². The van der Waals surface area contributed by atoms with Gasteiger partial charge in [-0.15, -0.1) is 10.2 Å². The van der Waals surface area contributed by atoms with Crippen LogP contribution in [0, 0.1) is 0 Å². The van der Waals surface area contributed by atoms with Crippen LogP contribution in [-0.2, 0) is 5.41 Å². The highest BCUT2D eigenvalue weighted by Crippen LogP contribution is 2.30. The zero-order valence-electron chi connectivity index (χ0n) is 14.1. The summed E-state index contributed by atoms with van der Waals surface area (Å²) in [6, 6.07) is 10.5. The van der Waals surface area contributed by atoms with Gasteiger partial charge in [0.05, 0.1) is 0 Å². The molecule has 4 rings (SSSR count). The number of pyridine rings is 1. The molecule has 0 atom stereocenters. The van der Waals surface area contributed by atoms with Gasteiger partial charge in [-0.05, 0) is 33.0 Å². The Bertz CT molecular complexity index is 1040. The molecule has 0 N–H and O–H groups in total. The van der Waals surface area contributed by atoms with E-state index in [0.717, 1.165) is 25.6 Å². The number of fused-ring (bicyclic) bond motifs is 1. The first-order valence-electron chi connectivity index (χ1n) is 7.86. The van der Waals surface area contributed by atoms with E-state index in [9.17, 15) is 0 Å². The van der Waals surface area contributed by atoms with Crippen LogP contribution in [0.25, 0.3) is 26.9 Å². The SMILES string of the molecule is CC(C)(C)c1ccc(-c2nn3c(-c4cncc(Br)c4)nnc3s2)cc1. The van der Waals surface area contributed by atoms with Gasteiger partial charge in [-0.3, -0.25) is 4.98 Å². The van der Waals surface area contributed by atoms with Gasteiger partial charge in [0.1, 0.15) is 5.01 Å². The third-order valence-electron chi connectivity index (χ3n) is 3.95. The molecule has 0 aliphatic carbocycles. The summed E-state index contributed by atoms with van der Waals surface area (Å²) in [5, 5.41) is 14.1. The van der Waals surface area contributed by atoms with Crippen molar-refractivity contribution in [1.82, 2.24) is 24.8 Å². The molecule has 4 aromatic rings. The largest absolute Gasteiger partial charge is 0.263 e. The fourth-order valence-corrected chi connectivity index (χ4v) is 3.77. The first-order chi connectivity index (χ1) is 11.9. The van der Waals surface area contributed by atoms with Gasteiger partial charge in [-0.25, -0.2) is 0 Å². The average molecular weight is 414 g/mol.